The van der Waals surface area contributed by atoms with Gasteiger partial charge >= 0.3 is 0 Å². The molecule has 3 nitrogen and oxygen atoms in total. The topological polar surface area (TPSA) is 60.7 Å². The molecule has 0 aliphatic heterocycles. The van der Waals surface area contributed by atoms with Gasteiger partial charge in [-0.1, -0.05) is 64.8 Å². The fourth-order valence-electron chi connectivity index (χ4n) is 7.41. The lowest BCUT2D eigenvalue weighted by atomic mass is 9.67. The van der Waals surface area contributed by atoms with E-state index in [1.54, 1.807) is 5.57 Å². The van der Waals surface area contributed by atoms with E-state index in [1.807, 2.05) is 13.8 Å². The van der Waals surface area contributed by atoms with Crippen molar-refractivity contribution in [2.24, 2.45) is 46.3 Å². The van der Waals surface area contributed by atoms with Gasteiger partial charge in [-0.15, -0.1) is 0 Å². The molecule has 0 aromatic heterocycles. The van der Waals surface area contributed by atoms with Crippen LogP contribution >= 0.6 is 0 Å². The Morgan fingerprint density at radius 3 is 2.34 bits per heavy atom. The highest BCUT2D eigenvalue weighted by Gasteiger charge is 2.63. The molecule has 0 amide bonds. The minimum Gasteiger partial charge on any atom is -0.396 e. The Labute approximate surface area is 197 Å². The summed E-state index contributed by atoms with van der Waals surface area (Å²) < 4.78 is 0. The second-order valence-corrected chi connectivity index (χ2v) is 12.8. The summed E-state index contributed by atoms with van der Waals surface area (Å²) >= 11 is 0. The Morgan fingerprint density at radius 2 is 1.81 bits per heavy atom. The van der Waals surface area contributed by atoms with Crippen molar-refractivity contribution in [3.8, 4) is 0 Å². The van der Waals surface area contributed by atoms with Crippen LogP contribution in [0.2, 0.25) is 0 Å². The maximum atomic E-state index is 10.3. The Balaban J connectivity index is 1.78. The summed E-state index contributed by atoms with van der Waals surface area (Å²) in [6.07, 6.45) is 14.5. The first-order valence-electron chi connectivity index (χ1n) is 13.3. The minimum absolute atomic E-state index is 0.138. The van der Waals surface area contributed by atoms with Crippen molar-refractivity contribution in [3.05, 3.63) is 23.8 Å². The van der Waals surface area contributed by atoms with E-state index in [4.69, 9.17) is 0 Å². The second kappa shape index (κ2) is 9.55. The molecule has 0 aromatic rings. The average molecular weight is 447 g/mol. The molecule has 0 unspecified atom stereocenters. The summed E-state index contributed by atoms with van der Waals surface area (Å²) in [5, 5.41) is 30.8. The largest absolute Gasteiger partial charge is 0.396 e. The van der Waals surface area contributed by atoms with Crippen LogP contribution in [-0.4, -0.2) is 33.6 Å². The number of hydrogen-bond acceptors (Lipinski definition) is 3. The van der Waals surface area contributed by atoms with Crippen LogP contribution in [0.3, 0.4) is 0 Å². The van der Waals surface area contributed by atoms with Gasteiger partial charge in [0, 0.05) is 18.4 Å². The van der Waals surface area contributed by atoms with E-state index in [2.05, 4.69) is 52.8 Å². The van der Waals surface area contributed by atoms with Gasteiger partial charge in [0.2, 0.25) is 0 Å². The van der Waals surface area contributed by atoms with E-state index >= 15 is 0 Å². The van der Waals surface area contributed by atoms with E-state index in [0.29, 0.717) is 23.7 Å². The molecule has 32 heavy (non-hydrogen) atoms. The maximum absolute atomic E-state index is 10.3. The van der Waals surface area contributed by atoms with E-state index in [1.165, 1.54) is 19.3 Å². The van der Waals surface area contributed by atoms with E-state index in [0.717, 1.165) is 25.7 Å². The molecule has 3 saturated carbocycles. The summed E-state index contributed by atoms with van der Waals surface area (Å²) in [5.41, 5.74) is 1.24. The lowest BCUT2D eigenvalue weighted by molar-refractivity contribution is 0.0437. The van der Waals surface area contributed by atoms with E-state index in [9.17, 15) is 15.3 Å². The molecule has 0 aromatic carbocycles. The first kappa shape index (κ1) is 26.0. The molecule has 3 heteroatoms. The van der Waals surface area contributed by atoms with Gasteiger partial charge in [0.05, 0.1) is 11.7 Å². The molecule has 8 atom stereocenters. The highest BCUT2D eigenvalue weighted by molar-refractivity contribution is 5.23. The van der Waals surface area contributed by atoms with Crippen LogP contribution in [0.25, 0.3) is 0 Å². The molecule has 3 N–H and O–H groups in total. The van der Waals surface area contributed by atoms with Crippen LogP contribution < -0.4 is 0 Å². The van der Waals surface area contributed by atoms with Gasteiger partial charge in [-0.3, -0.25) is 0 Å². The molecule has 0 spiro atoms. The van der Waals surface area contributed by atoms with Crippen molar-refractivity contribution >= 4 is 0 Å². The van der Waals surface area contributed by atoms with Crippen LogP contribution in [0, 0.1) is 46.3 Å². The van der Waals surface area contributed by atoms with Crippen LogP contribution in [0.15, 0.2) is 23.8 Å². The molecule has 0 heterocycles. The molecular weight excluding hydrogens is 396 g/mol. The third-order valence-corrected chi connectivity index (χ3v) is 9.86. The van der Waals surface area contributed by atoms with Crippen LogP contribution in [0.5, 0.6) is 0 Å². The number of aliphatic hydroxyl groups excluding tert-OH is 2. The van der Waals surface area contributed by atoms with Crippen molar-refractivity contribution in [2.75, 3.05) is 6.61 Å². The van der Waals surface area contributed by atoms with E-state index in [-0.39, 0.29) is 35.4 Å². The molecule has 3 aliphatic carbocycles. The Bertz CT molecular complexity index is 700. The highest BCUT2D eigenvalue weighted by Crippen LogP contribution is 2.68. The summed E-state index contributed by atoms with van der Waals surface area (Å²) in [4.78, 5) is 0. The zero-order valence-corrected chi connectivity index (χ0v) is 21.8. The maximum Gasteiger partial charge on any atom is 0.0651 e. The van der Waals surface area contributed by atoms with Gasteiger partial charge < -0.3 is 15.3 Å². The third kappa shape index (κ3) is 5.05. The van der Waals surface area contributed by atoms with Gasteiger partial charge in [0.25, 0.3) is 0 Å². The zero-order chi connectivity index (χ0) is 23.9. The molecule has 184 valence electrons. The van der Waals surface area contributed by atoms with Crippen LogP contribution in [0.4, 0.5) is 0 Å². The molecule has 0 bridgehead atoms. The van der Waals surface area contributed by atoms with Crippen LogP contribution in [-0.2, 0) is 0 Å². The van der Waals surface area contributed by atoms with Crippen molar-refractivity contribution in [1.29, 1.82) is 0 Å². The highest BCUT2D eigenvalue weighted by atomic mass is 16.3. The van der Waals surface area contributed by atoms with E-state index < -0.39 is 5.60 Å². The van der Waals surface area contributed by atoms with Crippen LogP contribution in [0.1, 0.15) is 93.4 Å². The SMILES string of the molecule is CCC/C(=C\[C@@H](CO)[C@@]12C[C@@H](O)C[C@@H]1C2)[C@@H]1CC[C@H]([C@H](C)/C=C/[C@H](C)C(C)(C)O)C1(C)C. The summed E-state index contributed by atoms with van der Waals surface area (Å²) in [5.74, 6) is 2.60. The summed E-state index contributed by atoms with van der Waals surface area (Å²) in [6, 6.07) is 0. The number of allylic oxidation sites excluding steroid dienone is 2. The van der Waals surface area contributed by atoms with Gasteiger partial charge in [-0.05, 0) is 86.9 Å². The summed E-state index contributed by atoms with van der Waals surface area (Å²) in [7, 11) is 0. The predicted octanol–water partition coefficient (Wildman–Crippen LogP) is 6.13. The molecule has 3 fully saturated rings. The zero-order valence-electron chi connectivity index (χ0n) is 21.8. The minimum atomic E-state index is -0.686. The average Bonchev–Trinajstić information content (AvgIpc) is 3.11. The lowest BCUT2D eigenvalue weighted by Gasteiger charge is -2.38. The fourth-order valence-corrected chi connectivity index (χ4v) is 7.41. The fraction of sp³-hybridized carbons (Fsp3) is 0.862. The number of rotatable bonds is 10. The van der Waals surface area contributed by atoms with Gasteiger partial charge in [0.1, 0.15) is 0 Å². The smallest absolute Gasteiger partial charge is 0.0651 e. The first-order valence-corrected chi connectivity index (χ1v) is 13.3. The van der Waals surface area contributed by atoms with Crippen molar-refractivity contribution in [3.63, 3.8) is 0 Å². The van der Waals surface area contributed by atoms with Crippen molar-refractivity contribution < 1.29 is 15.3 Å². The Kier molecular flexibility index (Phi) is 7.75. The lowest BCUT2D eigenvalue weighted by Crippen LogP contribution is -2.31. The number of aliphatic hydroxyl groups is 3. The van der Waals surface area contributed by atoms with Gasteiger partial charge in [-0.25, -0.2) is 0 Å². The van der Waals surface area contributed by atoms with Crippen molar-refractivity contribution in [1.82, 2.24) is 0 Å². The second-order valence-electron chi connectivity index (χ2n) is 12.8. The first-order chi connectivity index (χ1) is 14.9. The van der Waals surface area contributed by atoms with Gasteiger partial charge in [0.15, 0.2) is 0 Å². The monoisotopic (exact) mass is 446 g/mol. The molecular formula is C29H50O3. The quantitative estimate of drug-likeness (QED) is 0.354. The molecule has 3 aliphatic rings. The summed E-state index contributed by atoms with van der Waals surface area (Å²) in [6.45, 7) is 15.6. The van der Waals surface area contributed by atoms with Gasteiger partial charge in [-0.2, -0.15) is 0 Å². The van der Waals surface area contributed by atoms with Crippen molar-refractivity contribution in [2.45, 2.75) is 105 Å². The Hall–Kier alpha value is -0.640. The predicted molar refractivity (Wildman–Crippen MR) is 133 cm³/mol. The normalized spacial score (nSPS) is 37.5. The molecule has 0 radical (unpaired) electrons. The molecule has 0 saturated heterocycles. The standard InChI is InChI=1S/C29H50O3/c1-8-9-21(14-23(18-30)29-16-22(29)15-24(31)17-29)26-13-12-25(27(26,4)5)19(2)10-11-20(3)28(6,7)32/h10-11,14,19-20,22-26,30-32H,8-9,12-13,15-18H2,1-7H3/b11-10+,21-14+/t19-,20+,22-,23+,24+,25-,26+,29+/m1/s1. The Morgan fingerprint density at radius 1 is 1.12 bits per heavy atom. The third-order valence-electron chi connectivity index (χ3n) is 9.86. The molecule has 3 rings (SSSR count). The number of hydrogen-bond donors (Lipinski definition) is 3. The number of fused-ring (bicyclic) bond motifs is 1.